The van der Waals surface area contributed by atoms with E-state index in [4.69, 9.17) is 0 Å². The number of carbonyl (C=O) groups excluding carboxylic acids is 2. The first-order valence-electron chi connectivity index (χ1n) is 11.5. The van der Waals surface area contributed by atoms with Crippen molar-refractivity contribution in [2.45, 2.75) is 51.9 Å². The molecule has 0 aliphatic carbocycles. The van der Waals surface area contributed by atoms with E-state index in [-0.39, 0.29) is 43.4 Å². The van der Waals surface area contributed by atoms with Gasteiger partial charge in [-0.2, -0.15) is 13.2 Å². The summed E-state index contributed by atoms with van der Waals surface area (Å²) in [6, 6.07) is 10.9. The summed E-state index contributed by atoms with van der Waals surface area (Å²) in [5.74, 6) is -0.676. The van der Waals surface area contributed by atoms with Crippen LogP contribution in [0, 0.1) is 6.92 Å². The van der Waals surface area contributed by atoms with Gasteiger partial charge in [-0.1, -0.05) is 42.8 Å². The van der Waals surface area contributed by atoms with E-state index in [1.54, 1.807) is 6.92 Å². The van der Waals surface area contributed by atoms with Gasteiger partial charge in [-0.3, -0.25) is 13.9 Å². The number of nitrogens with one attached hydrogen (secondary N) is 1. The number of likely N-dealkylation sites (N-methyl/N-ethyl adjacent to an activating group) is 1. The highest BCUT2D eigenvalue weighted by Gasteiger charge is 2.32. The van der Waals surface area contributed by atoms with Crippen molar-refractivity contribution < 1.29 is 31.2 Å². The zero-order valence-corrected chi connectivity index (χ0v) is 21.6. The lowest BCUT2D eigenvalue weighted by atomic mass is 10.1. The number of nitrogens with zero attached hydrogens (tertiary/aromatic N) is 2. The van der Waals surface area contributed by atoms with E-state index < -0.39 is 27.8 Å². The van der Waals surface area contributed by atoms with E-state index in [1.807, 2.05) is 31.2 Å². The monoisotopic (exact) mass is 527 g/mol. The molecule has 0 heterocycles. The summed E-state index contributed by atoms with van der Waals surface area (Å²) < 4.78 is 65.0. The highest BCUT2D eigenvalue weighted by molar-refractivity contribution is 7.92. The molecule has 2 aromatic rings. The predicted octanol–water partition coefficient (Wildman–Crippen LogP) is 4.11. The van der Waals surface area contributed by atoms with E-state index in [9.17, 15) is 31.2 Å². The van der Waals surface area contributed by atoms with Gasteiger partial charge in [0.15, 0.2) is 0 Å². The zero-order valence-electron chi connectivity index (χ0n) is 20.8. The Bertz CT molecular complexity index is 1170. The summed E-state index contributed by atoms with van der Waals surface area (Å²) in [4.78, 5) is 27.2. The van der Waals surface area contributed by atoms with Gasteiger partial charge < -0.3 is 10.2 Å². The number of halogens is 3. The van der Waals surface area contributed by atoms with Crippen LogP contribution in [0.1, 0.15) is 42.9 Å². The Morgan fingerprint density at radius 1 is 1.08 bits per heavy atom. The van der Waals surface area contributed by atoms with Crippen LogP contribution in [0.25, 0.3) is 0 Å². The number of hydrogen-bond donors (Lipinski definition) is 1. The molecule has 0 radical (unpaired) electrons. The fourth-order valence-electron chi connectivity index (χ4n) is 3.93. The molecule has 1 unspecified atom stereocenters. The number of benzene rings is 2. The van der Waals surface area contributed by atoms with Gasteiger partial charge in [0, 0.05) is 26.6 Å². The number of amides is 2. The van der Waals surface area contributed by atoms with Crippen molar-refractivity contribution in [3.63, 3.8) is 0 Å². The SMILES string of the molecule is CCC(C(=O)NC)N(Cc1cccc(C)c1)C(=O)CCCN(c1cccc(C(F)(F)F)c1)S(C)(=O)=O. The smallest absolute Gasteiger partial charge is 0.357 e. The molecule has 0 spiro atoms. The number of sulfonamides is 1. The number of alkyl halides is 3. The summed E-state index contributed by atoms with van der Waals surface area (Å²) >= 11 is 0. The molecule has 11 heteroatoms. The average Bonchev–Trinajstić information content (AvgIpc) is 2.80. The summed E-state index contributed by atoms with van der Waals surface area (Å²) in [5, 5.41) is 2.57. The highest BCUT2D eigenvalue weighted by atomic mass is 32.2. The molecule has 36 heavy (non-hydrogen) atoms. The van der Waals surface area contributed by atoms with E-state index >= 15 is 0 Å². The second-order valence-electron chi connectivity index (χ2n) is 8.54. The molecule has 0 aliphatic rings. The molecular weight excluding hydrogens is 495 g/mol. The third kappa shape index (κ3) is 7.97. The van der Waals surface area contributed by atoms with Gasteiger partial charge in [-0.15, -0.1) is 0 Å². The van der Waals surface area contributed by atoms with Gasteiger partial charge in [-0.05, 0) is 43.5 Å². The Balaban J connectivity index is 2.23. The van der Waals surface area contributed by atoms with Crippen LogP contribution in [0.3, 0.4) is 0 Å². The maximum absolute atomic E-state index is 13.2. The van der Waals surface area contributed by atoms with Crippen molar-refractivity contribution in [3.8, 4) is 0 Å². The normalized spacial score (nSPS) is 12.6. The quantitative estimate of drug-likeness (QED) is 0.477. The maximum atomic E-state index is 13.2. The minimum absolute atomic E-state index is 0.0522. The molecule has 0 bridgehead atoms. The van der Waals surface area contributed by atoms with Crippen LogP contribution in [0.5, 0.6) is 0 Å². The van der Waals surface area contributed by atoms with Crippen LogP contribution < -0.4 is 9.62 Å². The lowest BCUT2D eigenvalue weighted by Gasteiger charge is -2.31. The van der Waals surface area contributed by atoms with E-state index in [0.29, 0.717) is 6.42 Å². The first-order chi connectivity index (χ1) is 16.8. The minimum Gasteiger partial charge on any atom is -0.357 e. The van der Waals surface area contributed by atoms with Crippen molar-refractivity contribution in [3.05, 3.63) is 65.2 Å². The summed E-state index contributed by atoms with van der Waals surface area (Å²) in [5.41, 5.74) is 0.740. The van der Waals surface area contributed by atoms with Gasteiger partial charge >= 0.3 is 6.18 Å². The number of carbonyl (C=O) groups is 2. The number of rotatable bonds is 11. The van der Waals surface area contributed by atoms with Crippen LogP contribution in [0.15, 0.2) is 48.5 Å². The molecule has 2 amide bonds. The molecular formula is C25H32F3N3O4S. The first kappa shape index (κ1) is 29.2. The van der Waals surface area contributed by atoms with Crippen LogP contribution in [-0.2, 0) is 32.3 Å². The van der Waals surface area contributed by atoms with Crippen molar-refractivity contribution in [2.75, 3.05) is 24.2 Å². The van der Waals surface area contributed by atoms with Crippen molar-refractivity contribution in [1.82, 2.24) is 10.2 Å². The highest BCUT2D eigenvalue weighted by Crippen LogP contribution is 2.32. The Labute approximate surface area is 210 Å². The molecule has 0 saturated carbocycles. The van der Waals surface area contributed by atoms with Gasteiger partial charge in [0.1, 0.15) is 6.04 Å². The summed E-state index contributed by atoms with van der Waals surface area (Å²) in [6.07, 6.45) is -3.39. The molecule has 1 atom stereocenters. The largest absolute Gasteiger partial charge is 0.416 e. The minimum atomic E-state index is -4.62. The second kappa shape index (κ2) is 12.2. The molecule has 2 aromatic carbocycles. The summed E-state index contributed by atoms with van der Waals surface area (Å²) in [6.45, 7) is 3.70. The van der Waals surface area contributed by atoms with Gasteiger partial charge in [0.2, 0.25) is 21.8 Å². The van der Waals surface area contributed by atoms with Gasteiger partial charge in [0.25, 0.3) is 0 Å². The lowest BCUT2D eigenvalue weighted by Crippen LogP contribution is -2.48. The maximum Gasteiger partial charge on any atom is 0.416 e. The van der Waals surface area contributed by atoms with Crippen LogP contribution in [0.4, 0.5) is 18.9 Å². The topological polar surface area (TPSA) is 86.8 Å². The molecule has 198 valence electrons. The third-order valence-electron chi connectivity index (χ3n) is 5.68. The Morgan fingerprint density at radius 2 is 1.75 bits per heavy atom. The van der Waals surface area contributed by atoms with Gasteiger partial charge in [-0.25, -0.2) is 8.42 Å². The number of hydrogen-bond acceptors (Lipinski definition) is 4. The van der Waals surface area contributed by atoms with Crippen molar-refractivity contribution in [2.24, 2.45) is 0 Å². The molecule has 7 nitrogen and oxygen atoms in total. The number of aryl methyl sites for hydroxylation is 1. The Morgan fingerprint density at radius 3 is 2.31 bits per heavy atom. The van der Waals surface area contributed by atoms with Gasteiger partial charge in [0.05, 0.1) is 17.5 Å². The van der Waals surface area contributed by atoms with Crippen LogP contribution in [0.2, 0.25) is 0 Å². The zero-order chi connectivity index (χ0) is 27.1. The fraction of sp³-hybridized carbons (Fsp3) is 0.440. The van der Waals surface area contributed by atoms with E-state index in [1.165, 1.54) is 18.0 Å². The average molecular weight is 528 g/mol. The fourth-order valence-corrected chi connectivity index (χ4v) is 4.89. The van der Waals surface area contributed by atoms with Crippen LogP contribution in [-0.4, -0.2) is 51.0 Å². The lowest BCUT2D eigenvalue weighted by molar-refractivity contribution is -0.141. The van der Waals surface area contributed by atoms with E-state index in [2.05, 4.69) is 5.32 Å². The van der Waals surface area contributed by atoms with Crippen molar-refractivity contribution in [1.29, 1.82) is 0 Å². The standard InChI is InChI=1S/C25H32F3N3O4S/c1-5-22(24(33)29-3)30(17-19-10-6-9-18(2)15-19)23(32)13-8-14-31(36(4,34)35)21-12-7-11-20(16-21)25(26,27)28/h6-7,9-12,15-16,22H,5,8,13-14,17H2,1-4H3,(H,29,33). The van der Waals surface area contributed by atoms with Crippen molar-refractivity contribution >= 4 is 27.5 Å². The first-order valence-corrected chi connectivity index (χ1v) is 13.3. The third-order valence-corrected chi connectivity index (χ3v) is 6.88. The van der Waals surface area contributed by atoms with E-state index in [0.717, 1.165) is 39.9 Å². The second-order valence-corrected chi connectivity index (χ2v) is 10.4. The molecule has 0 fully saturated rings. The predicted molar refractivity (Wildman–Crippen MR) is 133 cm³/mol. The molecule has 1 N–H and O–H groups in total. The molecule has 2 rings (SSSR count). The number of anilines is 1. The van der Waals surface area contributed by atoms with Crippen LogP contribution >= 0.6 is 0 Å². The molecule has 0 saturated heterocycles. The molecule has 0 aromatic heterocycles. The Hall–Kier alpha value is -3.08. The summed E-state index contributed by atoms with van der Waals surface area (Å²) in [7, 11) is -2.43. The molecule has 0 aliphatic heterocycles. The Kier molecular flexibility index (Phi) is 9.92.